The number of rotatable bonds is 9. The van der Waals surface area contributed by atoms with Crippen LogP contribution in [0, 0.1) is 0 Å². The van der Waals surface area contributed by atoms with Gasteiger partial charge in [-0.15, -0.1) is 24.0 Å². The number of aliphatic imine (C=N–C) groups is 1. The lowest BCUT2D eigenvalue weighted by Crippen LogP contribution is -2.44. The Labute approximate surface area is 190 Å². The Morgan fingerprint density at radius 3 is 2.53 bits per heavy atom. The molecule has 1 heterocycles. The maximum atomic E-state index is 12.2. The van der Waals surface area contributed by atoms with E-state index in [1.165, 1.54) is 6.26 Å². The van der Waals surface area contributed by atoms with Crippen LogP contribution in [0.15, 0.2) is 52.1 Å². The Kier molecular flexibility index (Phi) is 10.6. The van der Waals surface area contributed by atoms with E-state index in [1.807, 2.05) is 13.0 Å². The van der Waals surface area contributed by atoms with Crippen LogP contribution in [0.5, 0.6) is 0 Å². The molecule has 0 fully saturated rings. The number of furan rings is 1. The van der Waals surface area contributed by atoms with Crippen molar-refractivity contribution in [2.45, 2.75) is 38.8 Å². The molecule has 0 aliphatic rings. The summed E-state index contributed by atoms with van der Waals surface area (Å²) in [5, 5.41) is 16.7. The van der Waals surface area contributed by atoms with Gasteiger partial charge in [-0.3, -0.25) is 0 Å². The number of hydrogen-bond acceptors (Lipinski definition) is 4. The van der Waals surface area contributed by atoms with Gasteiger partial charge in [0.25, 0.3) is 0 Å². The number of guanidine groups is 1. The van der Waals surface area contributed by atoms with Crippen molar-refractivity contribution < 1.29 is 27.4 Å². The summed E-state index contributed by atoms with van der Waals surface area (Å²) in [5.74, 6) is 0.936. The minimum absolute atomic E-state index is 0. The number of benzene rings is 1. The zero-order valence-electron chi connectivity index (χ0n) is 16.8. The van der Waals surface area contributed by atoms with Gasteiger partial charge in [-0.25, -0.2) is 4.99 Å². The van der Waals surface area contributed by atoms with Crippen LogP contribution in [-0.2, 0) is 23.5 Å². The molecule has 0 radical (unpaired) electrons. The van der Waals surface area contributed by atoms with E-state index >= 15 is 0 Å². The highest BCUT2D eigenvalue weighted by Gasteiger charge is 2.27. The van der Waals surface area contributed by atoms with Gasteiger partial charge in [-0.2, -0.15) is 13.2 Å². The second kappa shape index (κ2) is 12.2. The highest BCUT2D eigenvalue weighted by atomic mass is 127. The van der Waals surface area contributed by atoms with Crippen LogP contribution in [0.25, 0.3) is 0 Å². The van der Waals surface area contributed by atoms with E-state index in [-0.39, 0.29) is 37.1 Å². The largest absolute Gasteiger partial charge is 0.466 e. The minimum atomic E-state index is -4.34. The van der Waals surface area contributed by atoms with E-state index in [1.54, 1.807) is 37.3 Å². The second-order valence-corrected chi connectivity index (χ2v) is 6.73. The topological polar surface area (TPSA) is 79.0 Å². The predicted molar refractivity (Wildman–Crippen MR) is 119 cm³/mol. The first-order valence-corrected chi connectivity index (χ1v) is 9.20. The first kappa shape index (κ1) is 26.2. The van der Waals surface area contributed by atoms with Crippen molar-refractivity contribution in [1.82, 2.24) is 10.6 Å². The molecule has 0 amide bonds. The summed E-state index contributed by atoms with van der Waals surface area (Å²) in [6.07, 6.45) is -2.85. The van der Waals surface area contributed by atoms with Crippen LogP contribution < -0.4 is 10.6 Å². The van der Waals surface area contributed by atoms with Crippen molar-refractivity contribution in [2.24, 2.45) is 4.99 Å². The average Bonchev–Trinajstić information content (AvgIpc) is 3.19. The van der Waals surface area contributed by atoms with Crippen molar-refractivity contribution in [2.75, 3.05) is 19.7 Å². The van der Waals surface area contributed by atoms with Crippen LogP contribution in [-0.4, -0.2) is 36.9 Å². The molecule has 30 heavy (non-hydrogen) atoms. The molecule has 1 atom stereocenters. The van der Waals surface area contributed by atoms with Gasteiger partial charge in [-0.05, 0) is 37.1 Å². The Morgan fingerprint density at radius 2 is 1.90 bits per heavy atom. The summed E-state index contributed by atoms with van der Waals surface area (Å²) < 4.78 is 46.5. The predicted octanol–water partition coefficient (Wildman–Crippen LogP) is 3.94. The highest BCUT2D eigenvalue weighted by molar-refractivity contribution is 14.0. The third-order valence-electron chi connectivity index (χ3n) is 3.94. The van der Waals surface area contributed by atoms with Crippen molar-refractivity contribution in [3.63, 3.8) is 0 Å². The standard InChI is InChI=1S/C20H26F3N3O3.HI/c1-3-24-18(26-13-19(2,27)17-8-5-9-29-17)25-11-15-6-4-7-16(10-15)12-28-14-20(21,22)23;/h4-10,27H,3,11-14H2,1-2H3,(H2,24,25,26);1H. The molecule has 0 saturated heterocycles. The van der Waals surface area contributed by atoms with Crippen molar-refractivity contribution in [1.29, 1.82) is 0 Å². The number of hydrogen-bond donors (Lipinski definition) is 3. The number of nitrogens with one attached hydrogen (secondary N) is 2. The average molecular weight is 541 g/mol. The molecule has 168 valence electrons. The van der Waals surface area contributed by atoms with Gasteiger partial charge in [-0.1, -0.05) is 24.3 Å². The molecule has 0 bridgehead atoms. The van der Waals surface area contributed by atoms with Crippen LogP contribution in [0.2, 0.25) is 0 Å². The third-order valence-corrected chi connectivity index (χ3v) is 3.94. The molecule has 1 aromatic heterocycles. The van der Waals surface area contributed by atoms with Gasteiger partial charge in [0.15, 0.2) is 5.96 Å². The fourth-order valence-electron chi connectivity index (χ4n) is 2.54. The van der Waals surface area contributed by atoms with Crippen molar-refractivity contribution in [3.05, 3.63) is 59.5 Å². The molecule has 2 aromatic rings. The van der Waals surface area contributed by atoms with Gasteiger partial charge in [0.2, 0.25) is 0 Å². The summed E-state index contributed by atoms with van der Waals surface area (Å²) in [5.41, 5.74) is 0.254. The number of nitrogens with zero attached hydrogens (tertiary/aromatic N) is 1. The lowest BCUT2D eigenvalue weighted by atomic mass is 10.0. The van der Waals surface area contributed by atoms with E-state index in [9.17, 15) is 18.3 Å². The van der Waals surface area contributed by atoms with Crippen LogP contribution in [0.1, 0.15) is 30.7 Å². The number of halogens is 4. The van der Waals surface area contributed by atoms with E-state index in [4.69, 9.17) is 9.15 Å². The molecule has 0 aliphatic carbocycles. The Morgan fingerprint density at radius 1 is 1.17 bits per heavy atom. The SMILES string of the molecule is CCNC(=NCc1cccc(COCC(F)(F)F)c1)NCC(C)(O)c1ccco1.I. The molecule has 0 spiro atoms. The normalized spacial score (nSPS) is 14.0. The fraction of sp³-hybridized carbons (Fsp3) is 0.450. The minimum Gasteiger partial charge on any atom is -0.466 e. The summed E-state index contributed by atoms with van der Waals surface area (Å²) >= 11 is 0. The van der Waals surface area contributed by atoms with Crippen LogP contribution >= 0.6 is 24.0 Å². The Balaban J connectivity index is 0.00000450. The first-order chi connectivity index (χ1) is 13.7. The molecule has 6 nitrogen and oxygen atoms in total. The van der Waals surface area contributed by atoms with Crippen LogP contribution in [0.4, 0.5) is 13.2 Å². The number of aliphatic hydroxyl groups is 1. The summed E-state index contributed by atoms with van der Waals surface area (Å²) in [7, 11) is 0. The summed E-state index contributed by atoms with van der Waals surface area (Å²) in [6.45, 7) is 3.26. The van der Waals surface area contributed by atoms with Gasteiger partial charge >= 0.3 is 6.18 Å². The maximum absolute atomic E-state index is 12.2. The number of ether oxygens (including phenoxy) is 1. The zero-order valence-corrected chi connectivity index (χ0v) is 19.2. The summed E-state index contributed by atoms with van der Waals surface area (Å²) in [6, 6.07) is 10.4. The molecule has 1 aromatic carbocycles. The van der Waals surface area contributed by atoms with Crippen LogP contribution in [0.3, 0.4) is 0 Å². The quantitative estimate of drug-likeness (QED) is 0.255. The first-order valence-electron chi connectivity index (χ1n) is 9.20. The highest BCUT2D eigenvalue weighted by Crippen LogP contribution is 2.20. The van der Waals surface area contributed by atoms with E-state index in [0.29, 0.717) is 30.4 Å². The lowest BCUT2D eigenvalue weighted by Gasteiger charge is -2.22. The van der Waals surface area contributed by atoms with E-state index < -0.39 is 18.4 Å². The van der Waals surface area contributed by atoms with Gasteiger partial charge in [0.1, 0.15) is 18.0 Å². The second-order valence-electron chi connectivity index (χ2n) is 6.73. The Bertz CT molecular complexity index is 781. The van der Waals surface area contributed by atoms with Gasteiger partial charge < -0.3 is 24.9 Å². The summed E-state index contributed by atoms with van der Waals surface area (Å²) in [4.78, 5) is 4.46. The van der Waals surface area contributed by atoms with E-state index in [2.05, 4.69) is 15.6 Å². The van der Waals surface area contributed by atoms with E-state index in [0.717, 1.165) is 5.56 Å². The third kappa shape index (κ3) is 9.35. The molecular weight excluding hydrogens is 514 g/mol. The van der Waals surface area contributed by atoms with Crippen molar-refractivity contribution >= 4 is 29.9 Å². The smallest absolute Gasteiger partial charge is 0.411 e. The maximum Gasteiger partial charge on any atom is 0.411 e. The molecule has 1 unspecified atom stereocenters. The molecule has 0 saturated carbocycles. The molecule has 3 N–H and O–H groups in total. The Hall–Kier alpha value is -1.79. The number of alkyl halides is 3. The lowest BCUT2D eigenvalue weighted by molar-refractivity contribution is -0.176. The zero-order chi connectivity index (χ0) is 21.3. The van der Waals surface area contributed by atoms with Gasteiger partial charge in [0, 0.05) is 6.54 Å². The van der Waals surface area contributed by atoms with Crippen molar-refractivity contribution in [3.8, 4) is 0 Å². The molecule has 10 heteroatoms. The molecular formula is C20H27F3IN3O3. The monoisotopic (exact) mass is 541 g/mol. The van der Waals surface area contributed by atoms with Gasteiger partial charge in [0.05, 0.1) is 26.0 Å². The molecule has 0 aliphatic heterocycles. The fourth-order valence-corrected chi connectivity index (χ4v) is 2.54. The molecule has 2 rings (SSSR count).